The molecule has 2 N–H and O–H groups in total. The van der Waals surface area contributed by atoms with E-state index in [1.807, 2.05) is 6.92 Å². The fourth-order valence-electron chi connectivity index (χ4n) is 4.00. The Balaban J connectivity index is 1.35. The van der Waals surface area contributed by atoms with Crippen molar-refractivity contribution in [2.45, 2.75) is 69.0 Å². The molecule has 1 saturated carbocycles. The van der Waals surface area contributed by atoms with Crippen molar-refractivity contribution < 1.29 is 22.5 Å². The molecule has 1 aromatic heterocycles. The van der Waals surface area contributed by atoms with Gasteiger partial charge in [0.1, 0.15) is 5.76 Å². The Bertz CT molecular complexity index is 1090. The van der Waals surface area contributed by atoms with Crippen LogP contribution >= 0.6 is 0 Å². The van der Waals surface area contributed by atoms with Gasteiger partial charge in [-0.1, -0.05) is 17.3 Å². The molecule has 2 heterocycles. The van der Waals surface area contributed by atoms with Gasteiger partial charge in [0, 0.05) is 44.1 Å². The van der Waals surface area contributed by atoms with E-state index in [2.05, 4.69) is 15.8 Å². The molecular weight excluding hydrogens is 432 g/mol. The highest BCUT2D eigenvalue weighted by Crippen LogP contribution is 2.40. The lowest BCUT2D eigenvalue weighted by Gasteiger charge is -2.36. The fourth-order valence-corrected chi connectivity index (χ4v) is 5.65. The van der Waals surface area contributed by atoms with Gasteiger partial charge in [-0.05, 0) is 50.3 Å². The molecule has 1 aromatic carbocycles. The Morgan fingerprint density at radius 2 is 1.91 bits per heavy atom. The molecule has 0 bridgehead atoms. The van der Waals surface area contributed by atoms with Gasteiger partial charge in [-0.3, -0.25) is 9.59 Å². The molecule has 0 radical (unpaired) electrons. The first kappa shape index (κ1) is 22.5. The van der Waals surface area contributed by atoms with E-state index in [-0.39, 0.29) is 34.5 Å². The maximum absolute atomic E-state index is 13.1. The summed E-state index contributed by atoms with van der Waals surface area (Å²) in [7, 11) is -3.66. The van der Waals surface area contributed by atoms with Crippen molar-refractivity contribution in [1.82, 2.24) is 20.1 Å². The highest BCUT2D eigenvalue weighted by Gasteiger charge is 2.35. The quantitative estimate of drug-likeness (QED) is 0.653. The van der Waals surface area contributed by atoms with Crippen LogP contribution in [0.4, 0.5) is 0 Å². The van der Waals surface area contributed by atoms with Crippen molar-refractivity contribution in [1.29, 1.82) is 0 Å². The molecule has 0 unspecified atom stereocenters. The minimum atomic E-state index is -3.66. The molecule has 1 saturated heterocycles. The smallest absolute Gasteiger partial charge is 0.273 e. The molecule has 32 heavy (non-hydrogen) atoms. The third-order valence-electron chi connectivity index (χ3n) is 5.96. The standard InChI is InChI=1S/C22H28N4O5S/c1-14-11-18(24-22(28)20-12-21(31-25-20)17-5-6-17)9-10-26(14)32(29,30)19-7-3-16(4-8-19)13-23-15(2)27/h3-4,7-8,12,14,17-18H,5-6,9-11,13H2,1-2H3,(H,23,27)(H,24,28)/t14-,18-/m0/s1. The topological polar surface area (TPSA) is 122 Å². The average molecular weight is 461 g/mol. The van der Waals surface area contributed by atoms with Crippen molar-refractivity contribution in [2.24, 2.45) is 0 Å². The SMILES string of the molecule is CC(=O)NCc1ccc(S(=O)(=O)N2CC[C@H](NC(=O)c3cc(C4CC4)on3)C[C@@H]2C)cc1. The molecule has 9 nitrogen and oxygen atoms in total. The van der Waals surface area contributed by atoms with Crippen molar-refractivity contribution in [3.05, 3.63) is 47.3 Å². The van der Waals surface area contributed by atoms with Crippen molar-refractivity contribution in [3.63, 3.8) is 0 Å². The van der Waals surface area contributed by atoms with Crippen LogP contribution < -0.4 is 10.6 Å². The zero-order valence-electron chi connectivity index (χ0n) is 18.2. The molecule has 2 aliphatic rings. The molecule has 1 aliphatic carbocycles. The van der Waals surface area contributed by atoms with Gasteiger partial charge in [-0.2, -0.15) is 4.31 Å². The number of nitrogens with one attached hydrogen (secondary N) is 2. The van der Waals surface area contributed by atoms with Gasteiger partial charge in [-0.25, -0.2) is 8.42 Å². The molecule has 1 aliphatic heterocycles. The Morgan fingerprint density at radius 3 is 2.53 bits per heavy atom. The summed E-state index contributed by atoms with van der Waals surface area (Å²) in [5, 5.41) is 9.52. The van der Waals surface area contributed by atoms with Crippen molar-refractivity contribution in [3.8, 4) is 0 Å². The average Bonchev–Trinajstić information content (AvgIpc) is 3.48. The number of rotatable bonds is 7. The number of carbonyl (C=O) groups excluding carboxylic acids is 2. The van der Waals surface area contributed by atoms with Crippen LogP contribution in [-0.2, 0) is 21.4 Å². The Morgan fingerprint density at radius 1 is 1.19 bits per heavy atom. The number of hydrogen-bond donors (Lipinski definition) is 2. The summed E-state index contributed by atoms with van der Waals surface area (Å²) in [5.74, 6) is 0.714. The molecule has 0 spiro atoms. The Kier molecular flexibility index (Phi) is 6.34. The van der Waals surface area contributed by atoms with Crippen LogP contribution in [0.5, 0.6) is 0 Å². The first-order valence-corrected chi connectivity index (χ1v) is 12.3. The fraction of sp³-hybridized carbons (Fsp3) is 0.500. The van der Waals surface area contributed by atoms with E-state index in [9.17, 15) is 18.0 Å². The van der Waals surface area contributed by atoms with Crippen molar-refractivity contribution >= 4 is 21.8 Å². The lowest BCUT2D eigenvalue weighted by Crippen LogP contribution is -2.50. The number of hydrogen-bond acceptors (Lipinski definition) is 6. The van der Waals surface area contributed by atoms with E-state index in [0.717, 1.165) is 24.2 Å². The van der Waals surface area contributed by atoms with Crippen LogP contribution in [0.2, 0.25) is 0 Å². The van der Waals surface area contributed by atoms with E-state index < -0.39 is 10.0 Å². The zero-order valence-corrected chi connectivity index (χ0v) is 19.0. The number of benzene rings is 1. The monoisotopic (exact) mass is 460 g/mol. The van der Waals surface area contributed by atoms with E-state index in [1.165, 1.54) is 11.2 Å². The second-order valence-electron chi connectivity index (χ2n) is 8.60. The van der Waals surface area contributed by atoms with Gasteiger partial charge in [0.05, 0.1) is 4.90 Å². The van der Waals surface area contributed by atoms with Crippen LogP contribution in [0.3, 0.4) is 0 Å². The maximum Gasteiger partial charge on any atom is 0.273 e. The lowest BCUT2D eigenvalue weighted by molar-refractivity contribution is -0.119. The summed E-state index contributed by atoms with van der Waals surface area (Å²) in [6.07, 6.45) is 3.17. The molecular formula is C22H28N4O5S. The number of aromatic nitrogens is 1. The molecule has 2 aromatic rings. The first-order valence-electron chi connectivity index (χ1n) is 10.9. The molecule has 4 rings (SSSR count). The van der Waals surface area contributed by atoms with Gasteiger partial charge < -0.3 is 15.2 Å². The number of amides is 2. The molecule has 10 heteroatoms. The second-order valence-corrected chi connectivity index (χ2v) is 10.5. The normalized spacial score (nSPS) is 21.8. The van der Waals surface area contributed by atoms with E-state index in [1.54, 1.807) is 30.3 Å². The van der Waals surface area contributed by atoms with Crippen LogP contribution in [0.25, 0.3) is 0 Å². The highest BCUT2D eigenvalue weighted by molar-refractivity contribution is 7.89. The molecule has 2 amide bonds. The van der Waals surface area contributed by atoms with Gasteiger partial charge >= 0.3 is 0 Å². The summed E-state index contributed by atoms with van der Waals surface area (Å²) in [6, 6.07) is 7.83. The highest BCUT2D eigenvalue weighted by atomic mass is 32.2. The lowest BCUT2D eigenvalue weighted by atomic mass is 10.0. The van der Waals surface area contributed by atoms with E-state index >= 15 is 0 Å². The van der Waals surface area contributed by atoms with Crippen LogP contribution in [-0.4, -0.2) is 48.3 Å². The minimum Gasteiger partial charge on any atom is -0.360 e. The van der Waals surface area contributed by atoms with E-state index in [0.29, 0.717) is 31.8 Å². The number of sulfonamides is 1. The molecule has 2 fully saturated rings. The van der Waals surface area contributed by atoms with Gasteiger partial charge in [-0.15, -0.1) is 0 Å². The molecule has 2 atom stereocenters. The summed E-state index contributed by atoms with van der Waals surface area (Å²) in [4.78, 5) is 23.8. The van der Waals surface area contributed by atoms with Crippen LogP contribution in [0, 0.1) is 0 Å². The summed E-state index contributed by atoms with van der Waals surface area (Å²) in [5.41, 5.74) is 1.10. The minimum absolute atomic E-state index is 0.134. The van der Waals surface area contributed by atoms with Gasteiger partial charge in [0.15, 0.2) is 5.69 Å². The van der Waals surface area contributed by atoms with Crippen LogP contribution in [0.1, 0.15) is 67.3 Å². The zero-order chi connectivity index (χ0) is 22.9. The summed E-state index contributed by atoms with van der Waals surface area (Å²) < 4.78 is 33.0. The largest absolute Gasteiger partial charge is 0.360 e. The predicted octanol–water partition coefficient (Wildman–Crippen LogP) is 2.16. The van der Waals surface area contributed by atoms with E-state index in [4.69, 9.17) is 4.52 Å². The van der Waals surface area contributed by atoms with Gasteiger partial charge in [0.25, 0.3) is 5.91 Å². The third-order valence-corrected chi connectivity index (χ3v) is 7.99. The number of nitrogens with zero attached hydrogens (tertiary/aromatic N) is 2. The third kappa shape index (κ3) is 5.02. The summed E-state index contributed by atoms with van der Waals surface area (Å²) >= 11 is 0. The van der Waals surface area contributed by atoms with Gasteiger partial charge in [0.2, 0.25) is 15.9 Å². The second kappa shape index (κ2) is 9.03. The van der Waals surface area contributed by atoms with Crippen LogP contribution in [0.15, 0.2) is 39.8 Å². The Hall–Kier alpha value is -2.72. The summed E-state index contributed by atoms with van der Waals surface area (Å²) in [6.45, 7) is 3.95. The maximum atomic E-state index is 13.1. The van der Waals surface area contributed by atoms with Crippen molar-refractivity contribution in [2.75, 3.05) is 6.54 Å². The predicted molar refractivity (Wildman–Crippen MR) is 116 cm³/mol. The number of carbonyl (C=O) groups is 2. The first-order chi connectivity index (χ1) is 15.2. The number of piperidine rings is 1. The molecule has 172 valence electrons. The Labute approximate surface area is 187 Å².